The number of thiazole rings is 1. The first kappa shape index (κ1) is 18.1. The van der Waals surface area contributed by atoms with Crippen molar-refractivity contribution in [2.45, 2.75) is 13.8 Å². The Kier molecular flexibility index (Phi) is 4.79. The number of aryl methyl sites for hydroxylation is 2. The minimum absolute atomic E-state index is 0.134. The SMILES string of the molecule is Cc1ccc(-c2nn(-c3ccccc3)cc2C(=O)N(C)c2nccs2)cc1C. The summed E-state index contributed by atoms with van der Waals surface area (Å²) in [5.74, 6) is -0.134. The van der Waals surface area contributed by atoms with Gasteiger partial charge in [-0.2, -0.15) is 5.10 Å². The van der Waals surface area contributed by atoms with Gasteiger partial charge < -0.3 is 0 Å². The molecule has 0 spiro atoms. The second-order valence-corrected chi connectivity index (χ2v) is 7.52. The van der Waals surface area contributed by atoms with Gasteiger partial charge >= 0.3 is 0 Å². The van der Waals surface area contributed by atoms with E-state index in [4.69, 9.17) is 5.10 Å². The van der Waals surface area contributed by atoms with Gasteiger partial charge in [0, 0.05) is 30.4 Å². The van der Waals surface area contributed by atoms with Crippen LogP contribution in [-0.2, 0) is 0 Å². The number of anilines is 1. The maximum Gasteiger partial charge on any atom is 0.263 e. The fourth-order valence-electron chi connectivity index (χ4n) is 2.99. The van der Waals surface area contributed by atoms with Crippen LogP contribution in [-0.4, -0.2) is 27.7 Å². The van der Waals surface area contributed by atoms with Gasteiger partial charge in [-0.25, -0.2) is 9.67 Å². The molecular weight excluding hydrogens is 368 g/mol. The van der Waals surface area contributed by atoms with E-state index in [1.54, 1.807) is 29.0 Å². The second-order valence-electron chi connectivity index (χ2n) is 6.65. The number of benzene rings is 2. The molecule has 0 saturated heterocycles. The van der Waals surface area contributed by atoms with Crippen molar-refractivity contribution in [2.24, 2.45) is 0 Å². The Morgan fingerprint density at radius 3 is 2.54 bits per heavy atom. The summed E-state index contributed by atoms with van der Waals surface area (Å²) in [5.41, 5.74) is 5.42. The van der Waals surface area contributed by atoms with E-state index in [0.29, 0.717) is 16.4 Å². The Morgan fingerprint density at radius 1 is 1.07 bits per heavy atom. The largest absolute Gasteiger partial charge is 0.287 e. The fourth-order valence-corrected chi connectivity index (χ4v) is 3.60. The van der Waals surface area contributed by atoms with Crippen molar-refractivity contribution in [3.8, 4) is 16.9 Å². The van der Waals surface area contributed by atoms with Crippen LogP contribution in [0.15, 0.2) is 66.3 Å². The number of rotatable bonds is 4. The monoisotopic (exact) mass is 388 g/mol. The lowest BCUT2D eigenvalue weighted by Crippen LogP contribution is -2.26. The molecule has 28 heavy (non-hydrogen) atoms. The lowest BCUT2D eigenvalue weighted by molar-refractivity contribution is 0.0993. The second kappa shape index (κ2) is 7.40. The molecule has 4 aromatic rings. The molecule has 0 saturated carbocycles. The van der Waals surface area contributed by atoms with Gasteiger partial charge in [0.05, 0.1) is 11.3 Å². The molecule has 0 aliphatic rings. The molecule has 5 nitrogen and oxygen atoms in total. The lowest BCUT2D eigenvalue weighted by atomic mass is 10.0. The number of carbonyl (C=O) groups is 1. The Morgan fingerprint density at radius 2 is 1.86 bits per heavy atom. The summed E-state index contributed by atoms with van der Waals surface area (Å²) >= 11 is 1.43. The van der Waals surface area contributed by atoms with Gasteiger partial charge in [-0.05, 0) is 43.2 Å². The van der Waals surface area contributed by atoms with Crippen molar-refractivity contribution in [1.29, 1.82) is 0 Å². The van der Waals surface area contributed by atoms with Crippen LogP contribution in [0.1, 0.15) is 21.5 Å². The van der Waals surface area contributed by atoms with E-state index in [1.165, 1.54) is 22.5 Å². The number of amides is 1. The van der Waals surface area contributed by atoms with E-state index in [1.807, 2.05) is 41.8 Å². The molecule has 140 valence electrons. The van der Waals surface area contributed by atoms with E-state index in [0.717, 1.165) is 11.3 Å². The van der Waals surface area contributed by atoms with Crippen molar-refractivity contribution < 1.29 is 4.79 Å². The number of hydrogen-bond acceptors (Lipinski definition) is 4. The molecular formula is C22H20N4OS. The quantitative estimate of drug-likeness (QED) is 0.500. The minimum atomic E-state index is -0.134. The zero-order valence-corrected chi connectivity index (χ0v) is 16.8. The Hall–Kier alpha value is -3.25. The minimum Gasteiger partial charge on any atom is -0.287 e. The van der Waals surface area contributed by atoms with Gasteiger partial charge in [-0.3, -0.25) is 9.69 Å². The average Bonchev–Trinajstić information content (AvgIpc) is 3.40. The predicted molar refractivity (Wildman–Crippen MR) is 113 cm³/mol. The molecule has 0 unspecified atom stereocenters. The number of para-hydroxylation sites is 1. The smallest absolute Gasteiger partial charge is 0.263 e. The highest BCUT2D eigenvalue weighted by Crippen LogP contribution is 2.28. The van der Waals surface area contributed by atoms with Gasteiger partial charge in [0.1, 0.15) is 5.69 Å². The van der Waals surface area contributed by atoms with Crippen molar-refractivity contribution in [1.82, 2.24) is 14.8 Å². The van der Waals surface area contributed by atoms with E-state index in [9.17, 15) is 4.79 Å². The molecule has 4 rings (SSSR count). The van der Waals surface area contributed by atoms with Gasteiger partial charge in [0.15, 0.2) is 5.13 Å². The fraction of sp³-hybridized carbons (Fsp3) is 0.136. The molecule has 0 radical (unpaired) electrons. The van der Waals surface area contributed by atoms with E-state index in [2.05, 4.69) is 31.0 Å². The van der Waals surface area contributed by atoms with Gasteiger partial charge in [-0.15, -0.1) is 11.3 Å². The van der Waals surface area contributed by atoms with Crippen LogP contribution >= 0.6 is 11.3 Å². The molecule has 0 bridgehead atoms. The van der Waals surface area contributed by atoms with E-state index >= 15 is 0 Å². The zero-order chi connectivity index (χ0) is 19.7. The van der Waals surface area contributed by atoms with Crippen molar-refractivity contribution in [2.75, 3.05) is 11.9 Å². The van der Waals surface area contributed by atoms with Crippen molar-refractivity contribution in [3.05, 3.63) is 83.0 Å². The van der Waals surface area contributed by atoms with Crippen LogP contribution in [0.5, 0.6) is 0 Å². The van der Waals surface area contributed by atoms with Crippen LogP contribution < -0.4 is 4.90 Å². The van der Waals surface area contributed by atoms with E-state index < -0.39 is 0 Å². The van der Waals surface area contributed by atoms with Gasteiger partial charge in [0.25, 0.3) is 5.91 Å². The number of hydrogen-bond donors (Lipinski definition) is 0. The van der Waals surface area contributed by atoms with Crippen LogP contribution in [0.4, 0.5) is 5.13 Å². The summed E-state index contributed by atoms with van der Waals surface area (Å²) in [5, 5.41) is 7.27. The molecule has 6 heteroatoms. The maximum absolute atomic E-state index is 13.3. The summed E-state index contributed by atoms with van der Waals surface area (Å²) in [6.45, 7) is 4.14. The molecule has 0 aliphatic carbocycles. The Balaban J connectivity index is 1.84. The van der Waals surface area contributed by atoms with Gasteiger partial charge in [-0.1, -0.05) is 30.3 Å². The normalized spacial score (nSPS) is 10.8. The maximum atomic E-state index is 13.3. The first-order valence-electron chi connectivity index (χ1n) is 8.95. The number of carbonyl (C=O) groups excluding carboxylic acids is 1. The molecule has 2 heterocycles. The first-order valence-corrected chi connectivity index (χ1v) is 9.83. The topological polar surface area (TPSA) is 51.0 Å². The van der Waals surface area contributed by atoms with Crippen molar-refractivity contribution in [3.63, 3.8) is 0 Å². The Bertz CT molecular complexity index is 1120. The first-order chi connectivity index (χ1) is 13.5. The number of aromatic nitrogens is 3. The summed E-state index contributed by atoms with van der Waals surface area (Å²) < 4.78 is 1.76. The molecule has 2 aromatic heterocycles. The average molecular weight is 388 g/mol. The summed E-state index contributed by atoms with van der Waals surface area (Å²) in [6.07, 6.45) is 3.49. The zero-order valence-electron chi connectivity index (χ0n) is 16.0. The molecule has 0 atom stereocenters. The summed E-state index contributed by atoms with van der Waals surface area (Å²) in [6, 6.07) is 16.0. The van der Waals surface area contributed by atoms with Crippen LogP contribution in [0.3, 0.4) is 0 Å². The van der Waals surface area contributed by atoms with Crippen LogP contribution in [0.2, 0.25) is 0 Å². The third-order valence-electron chi connectivity index (χ3n) is 4.76. The third kappa shape index (κ3) is 3.34. The highest BCUT2D eigenvalue weighted by molar-refractivity contribution is 7.13. The molecule has 0 fully saturated rings. The summed E-state index contributed by atoms with van der Waals surface area (Å²) in [4.78, 5) is 19.1. The highest BCUT2D eigenvalue weighted by Gasteiger charge is 2.23. The summed E-state index contributed by atoms with van der Waals surface area (Å²) in [7, 11) is 1.74. The molecule has 1 amide bonds. The van der Waals surface area contributed by atoms with E-state index in [-0.39, 0.29) is 5.91 Å². The highest BCUT2D eigenvalue weighted by atomic mass is 32.1. The van der Waals surface area contributed by atoms with Crippen LogP contribution in [0.25, 0.3) is 16.9 Å². The predicted octanol–water partition coefficient (Wildman–Crippen LogP) is 4.89. The standard InChI is InChI=1S/C22H20N4OS/c1-15-9-10-17(13-16(15)2)20-19(21(27)25(3)22-23-11-12-28-22)14-26(24-20)18-7-5-4-6-8-18/h4-14H,1-3H3. The van der Waals surface area contributed by atoms with Crippen LogP contribution in [0, 0.1) is 13.8 Å². The Labute approximate surface area is 167 Å². The lowest BCUT2D eigenvalue weighted by Gasteiger charge is -2.13. The molecule has 0 N–H and O–H groups in total. The van der Waals surface area contributed by atoms with Gasteiger partial charge in [0.2, 0.25) is 0 Å². The molecule has 2 aromatic carbocycles. The molecule has 0 aliphatic heterocycles. The van der Waals surface area contributed by atoms with Crippen molar-refractivity contribution >= 4 is 22.4 Å². The third-order valence-corrected chi connectivity index (χ3v) is 5.60. The number of nitrogens with zero attached hydrogens (tertiary/aromatic N) is 4.